The van der Waals surface area contributed by atoms with Gasteiger partial charge in [-0.05, 0) is 38.1 Å². The van der Waals surface area contributed by atoms with Crippen LogP contribution in [0, 0.1) is 0 Å². The quantitative estimate of drug-likeness (QED) is 0.382. The highest BCUT2D eigenvalue weighted by atomic mass is 16.5. The van der Waals surface area contributed by atoms with Crippen molar-refractivity contribution in [2.24, 2.45) is 0 Å². The van der Waals surface area contributed by atoms with E-state index >= 15 is 0 Å². The second-order valence-electron chi connectivity index (χ2n) is 8.40. The Bertz CT molecular complexity index is 1440. The van der Waals surface area contributed by atoms with Crippen molar-refractivity contribution in [1.29, 1.82) is 0 Å². The highest BCUT2D eigenvalue weighted by Gasteiger charge is 2.26. The Labute approximate surface area is 197 Å². The second kappa shape index (κ2) is 8.96. The van der Waals surface area contributed by atoms with Crippen LogP contribution in [0.5, 0.6) is 0 Å². The van der Waals surface area contributed by atoms with Crippen LogP contribution in [0.4, 0.5) is 5.82 Å². The molecule has 0 unspecified atom stereocenters. The molecular formula is C27H24N6O. The van der Waals surface area contributed by atoms with E-state index in [1.54, 1.807) is 24.7 Å². The van der Waals surface area contributed by atoms with E-state index < -0.39 is 5.60 Å². The molecule has 0 spiro atoms. The molecule has 7 heteroatoms. The zero-order valence-corrected chi connectivity index (χ0v) is 19.0. The summed E-state index contributed by atoms with van der Waals surface area (Å²) in [4.78, 5) is 22.8. The van der Waals surface area contributed by atoms with Crippen molar-refractivity contribution in [2.75, 3.05) is 5.73 Å². The van der Waals surface area contributed by atoms with Crippen LogP contribution in [0.15, 0.2) is 85.3 Å². The molecular weight excluding hydrogens is 424 g/mol. The van der Waals surface area contributed by atoms with Gasteiger partial charge in [0.2, 0.25) is 0 Å². The first kappa shape index (κ1) is 21.6. The Morgan fingerprint density at radius 1 is 0.765 bits per heavy atom. The highest BCUT2D eigenvalue weighted by Crippen LogP contribution is 2.33. The normalized spacial score (nSPS) is 11.6. The Morgan fingerprint density at radius 2 is 1.50 bits per heavy atom. The third kappa shape index (κ3) is 4.33. The predicted octanol–water partition coefficient (Wildman–Crippen LogP) is 5.18. The van der Waals surface area contributed by atoms with Gasteiger partial charge in [-0.15, -0.1) is 0 Å². The number of anilines is 1. The Balaban J connectivity index is 1.57. The van der Waals surface area contributed by atoms with Crippen molar-refractivity contribution in [2.45, 2.75) is 26.1 Å². The molecule has 0 atom stereocenters. The van der Waals surface area contributed by atoms with E-state index in [4.69, 9.17) is 20.4 Å². The van der Waals surface area contributed by atoms with E-state index in [1.807, 2.05) is 68.4 Å². The predicted molar refractivity (Wildman–Crippen MR) is 132 cm³/mol. The van der Waals surface area contributed by atoms with Crippen molar-refractivity contribution in [3.05, 3.63) is 96.8 Å². The topological polar surface area (TPSA) is 99.7 Å². The summed E-state index contributed by atoms with van der Waals surface area (Å²) in [5.41, 5.74) is 10.5. The van der Waals surface area contributed by atoms with Crippen LogP contribution in [0.3, 0.4) is 0 Å². The lowest BCUT2D eigenvalue weighted by Crippen LogP contribution is -2.25. The van der Waals surface area contributed by atoms with Crippen molar-refractivity contribution < 1.29 is 4.74 Å². The van der Waals surface area contributed by atoms with Gasteiger partial charge in [-0.2, -0.15) is 0 Å². The summed E-state index contributed by atoms with van der Waals surface area (Å²) >= 11 is 0. The number of fused-ring (bicyclic) bond motifs is 1. The SMILES string of the molecule is CC(C)(OCc1nc(-c2ccc3ncccc3c2)c(-c2ccccc2)nc1N)c1ncccn1. The number of pyridine rings is 1. The minimum atomic E-state index is -0.720. The van der Waals surface area contributed by atoms with Crippen LogP contribution in [0.1, 0.15) is 25.4 Å². The van der Waals surface area contributed by atoms with E-state index in [9.17, 15) is 0 Å². The van der Waals surface area contributed by atoms with Gasteiger partial charge in [0.25, 0.3) is 0 Å². The second-order valence-corrected chi connectivity index (χ2v) is 8.40. The first-order valence-corrected chi connectivity index (χ1v) is 11.0. The summed E-state index contributed by atoms with van der Waals surface area (Å²) in [6.07, 6.45) is 5.18. The molecule has 7 nitrogen and oxygen atoms in total. The fourth-order valence-electron chi connectivity index (χ4n) is 3.73. The third-order valence-corrected chi connectivity index (χ3v) is 5.60. The van der Waals surface area contributed by atoms with Crippen molar-refractivity contribution in [1.82, 2.24) is 24.9 Å². The molecule has 0 fully saturated rings. The van der Waals surface area contributed by atoms with Crippen LogP contribution in [0.25, 0.3) is 33.4 Å². The molecule has 0 aliphatic carbocycles. The van der Waals surface area contributed by atoms with E-state index in [0.29, 0.717) is 17.3 Å². The molecule has 3 aromatic heterocycles. The average Bonchev–Trinajstić information content (AvgIpc) is 2.88. The number of nitrogen functional groups attached to an aromatic ring is 1. The van der Waals surface area contributed by atoms with E-state index in [0.717, 1.165) is 33.4 Å². The maximum absolute atomic E-state index is 6.37. The average molecular weight is 449 g/mol. The van der Waals surface area contributed by atoms with Gasteiger partial charge in [0.1, 0.15) is 17.1 Å². The number of rotatable bonds is 6. The fourth-order valence-corrected chi connectivity index (χ4v) is 3.73. The molecule has 2 aromatic carbocycles. The molecule has 3 heterocycles. The van der Waals surface area contributed by atoms with Gasteiger partial charge < -0.3 is 10.5 Å². The lowest BCUT2D eigenvalue weighted by atomic mass is 10.0. The summed E-state index contributed by atoms with van der Waals surface area (Å²) in [5.74, 6) is 0.916. The van der Waals surface area contributed by atoms with Crippen LogP contribution in [0.2, 0.25) is 0 Å². The van der Waals surface area contributed by atoms with Crippen LogP contribution in [-0.2, 0) is 16.9 Å². The first-order chi connectivity index (χ1) is 16.5. The molecule has 0 aliphatic rings. The minimum absolute atomic E-state index is 0.168. The van der Waals surface area contributed by atoms with Crippen molar-refractivity contribution in [3.8, 4) is 22.5 Å². The zero-order valence-electron chi connectivity index (χ0n) is 19.0. The number of benzene rings is 2. The maximum atomic E-state index is 6.37. The first-order valence-electron chi connectivity index (χ1n) is 11.0. The van der Waals surface area contributed by atoms with Gasteiger partial charge in [-0.25, -0.2) is 19.9 Å². The number of aromatic nitrogens is 5. The molecule has 0 aliphatic heterocycles. The van der Waals surface area contributed by atoms with Crippen LogP contribution in [-0.4, -0.2) is 24.9 Å². The van der Waals surface area contributed by atoms with E-state index in [-0.39, 0.29) is 6.61 Å². The highest BCUT2D eigenvalue weighted by molar-refractivity contribution is 5.87. The number of ether oxygens (including phenoxy) is 1. The van der Waals surface area contributed by atoms with Crippen molar-refractivity contribution >= 4 is 16.7 Å². The molecule has 5 aromatic rings. The number of hydrogen-bond acceptors (Lipinski definition) is 7. The summed E-state index contributed by atoms with van der Waals surface area (Å²) in [6, 6.07) is 21.7. The maximum Gasteiger partial charge on any atom is 0.159 e. The molecule has 0 saturated heterocycles. The van der Waals surface area contributed by atoms with Gasteiger partial charge in [0, 0.05) is 35.1 Å². The third-order valence-electron chi connectivity index (χ3n) is 5.60. The monoisotopic (exact) mass is 448 g/mol. The largest absolute Gasteiger partial charge is 0.382 e. The Kier molecular flexibility index (Phi) is 5.69. The van der Waals surface area contributed by atoms with E-state index in [2.05, 4.69) is 21.0 Å². The molecule has 0 amide bonds. The van der Waals surface area contributed by atoms with Gasteiger partial charge in [0.15, 0.2) is 5.82 Å². The van der Waals surface area contributed by atoms with Gasteiger partial charge in [0.05, 0.1) is 23.5 Å². The number of nitrogens with zero attached hydrogens (tertiary/aromatic N) is 5. The lowest BCUT2D eigenvalue weighted by molar-refractivity contribution is -0.0412. The summed E-state index contributed by atoms with van der Waals surface area (Å²) in [6.45, 7) is 4.00. The number of nitrogens with two attached hydrogens (primary N) is 1. The zero-order chi connectivity index (χ0) is 23.5. The lowest BCUT2D eigenvalue weighted by Gasteiger charge is -2.24. The summed E-state index contributed by atoms with van der Waals surface area (Å²) < 4.78 is 6.17. The molecule has 0 radical (unpaired) electrons. The Hall–Kier alpha value is -4.23. The standard InChI is InChI=1S/C27H24N6O/c1-27(2,26-30-14-7-15-31-26)34-17-22-25(28)33-23(18-8-4-3-5-9-18)24(32-22)20-11-12-21-19(16-20)10-6-13-29-21/h3-16H,17H2,1-2H3,(H2,28,33). The van der Waals surface area contributed by atoms with Crippen LogP contribution >= 0.6 is 0 Å². The van der Waals surface area contributed by atoms with Gasteiger partial charge in [-0.3, -0.25) is 4.98 Å². The smallest absolute Gasteiger partial charge is 0.159 e. The Morgan fingerprint density at radius 3 is 2.29 bits per heavy atom. The molecule has 0 bridgehead atoms. The van der Waals surface area contributed by atoms with Gasteiger partial charge >= 0.3 is 0 Å². The van der Waals surface area contributed by atoms with Crippen LogP contribution < -0.4 is 5.73 Å². The fraction of sp³-hybridized carbons (Fsp3) is 0.148. The summed E-state index contributed by atoms with van der Waals surface area (Å²) in [5, 5.41) is 1.03. The van der Waals surface area contributed by atoms with E-state index in [1.165, 1.54) is 0 Å². The van der Waals surface area contributed by atoms with Crippen molar-refractivity contribution in [3.63, 3.8) is 0 Å². The molecule has 168 valence electrons. The minimum Gasteiger partial charge on any atom is -0.382 e. The molecule has 2 N–H and O–H groups in total. The molecule has 5 rings (SSSR count). The van der Waals surface area contributed by atoms with Gasteiger partial charge in [-0.1, -0.05) is 42.5 Å². The molecule has 34 heavy (non-hydrogen) atoms. The summed E-state index contributed by atoms with van der Waals surface area (Å²) in [7, 11) is 0. The number of hydrogen-bond donors (Lipinski definition) is 1. The molecule has 0 saturated carbocycles.